The van der Waals surface area contributed by atoms with Crippen LogP contribution < -0.4 is 5.32 Å². The number of halogens is 3. The molecular weight excluding hydrogens is 373 g/mol. The number of nitrogens with one attached hydrogen (secondary N) is 1. The molecule has 0 heterocycles. The first-order chi connectivity index (χ1) is 9.08. The Bertz CT molecular complexity index is 572. The molecule has 0 unspecified atom stereocenters. The summed E-state index contributed by atoms with van der Waals surface area (Å²) in [6, 6.07) is 13.5. The third-order valence-corrected chi connectivity index (χ3v) is 4.33. The fraction of sp³-hybridized carbons (Fsp3) is 0.200. The molecule has 0 aliphatic carbocycles. The third-order valence-electron chi connectivity index (χ3n) is 2.97. The minimum Gasteiger partial charge on any atom is -0.306 e. The lowest BCUT2D eigenvalue weighted by Crippen LogP contribution is -2.18. The maximum atomic E-state index is 13.4. The Morgan fingerprint density at radius 2 is 1.84 bits per heavy atom. The van der Waals surface area contributed by atoms with Gasteiger partial charge < -0.3 is 5.32 Å². The average Bonchev–Trinajstić information content (AvgIpc) is 2.40. The van der Waals surface area contributed by atoms with Crippen molar-refractivity contribution in [2.45, 2.75) is 19.5 Å². The predicted molar refractivity (Wildman–Crippen MR) is 83.5 cm³/mol. The molecule has 19 heavy (non-hydrogen) atoms. The molecule has 0 radical (unpaired) electrons. The maximum Gasteiger partial charge on any atom is 0.137 e. The lowest BCUT2D eigenvalue weighted by molar-refractivity contribution is 0.567. The van der Waals surface area contributed by atoms with E-state index >= 15 is 0 Å². The van der Waals surface area contributed by atoms with Gasteiger partial charge in [-0.15, -0.1) is 0 Å². The molecule has 0 aliphatic rings. The van der Waals surface area contributed by atoms with E-state index in [1.165, 1.54) is 5.56 Å². The zero-order valence-electron chi connectivity index (χ0n) is 10.5. The minimum atomic E-state index is -0.229. The lowest BCUT2D eigenvalue weighted by Gasteiger charge is -2.16. The van der Waals surface area contributed by atoms with Gasteiger partial charge in [0.05, 0.1) is 4.47 Å². The van der Waals surface area contributed by atoms with Gasteiger partial charge in [0.25, 0.3) is 0 Å². The normalized spacial score (nSPS) is 12.4. The Labute approximate surface area is 129 Å². The molecule has 0 saturated heterocycles. The summed E-state index contributed by atoms with van der Waals surface area (Å²) in [4.78, 5) is 0. The zero-order valence-corrected chi connectivity index (χ0v) is 13.6. The molecule has 1 nitrogen and oxygen atoms in total. The highest BCUT2D eigenvalue weighted by molar-refractivity contribution is 9.10. The molecule has 0 amide bonds. The first kappa shape index (κ1) is 14.7. The summed E-state index contributed by atoms with van der Waals surface area (Å²) in [5, 5.41) is 3.39. The van der Waals surface area contributed by atoms with Crippen molar-refractivity contribution in [2.75, 3.05) is 0 Å². The number of rotatable bonds is 4. The van der Waals surface area contributed by atoms with Crippen LogP contribution >= 0.6 is 31.9 Å². The fourth-order valence-corrected chi connectivity index (χ4v) is 2.73. The maximum absolute atomic E-state index is 13.4. The van der Waals surface area contributed by atoms with Crippen LogP contribution in [-0.2, 0) is 6.54 Å². The molecule has 1 N–H and O–H groups in total. The fourth-order valence-electron chi connectivity index (χ4n) is 1.86. The van der Waals surface area contributed by atoms with Gasteiger partial charge in [-0.25, -0.2) is 4.39 Å². The van der Waals surface area contributed by atoms with E-state index in [1.54, 1.807) is 12.1 Å². The van der Waals surface area contributed by atoms with Gasteiger partial charge in [-0.2, -0.15) is 0 Å². The van der Waals surface area contributed by atoms with Gasteiger partial charge in [0.1, 0.15) is 5.82 Å². The second-order valence-corrected chi connectivity index (χ2v) is 6.08. The van der Waals surface area contributed by atoms with E-state index in [4.69, 9.17) is 0 Å². The summed E-state index contributed by atoms with van der Waals surface area (Å²) in [6.45, 7) is 2.72. The summed E-state index contributed by atoms with van der Waals surface area (Å²) in [5.74, 6) is -0.229. The summed E-state index contributed by atoms with van der Waals surface area (Å²) >= 11 is 6.69. The van der Waals surface area contributed by atoms with Crippen molar-refractivity contribution in [3.05, 3.63) is 68.4 Å². The minimum absolute atomic E-state index is 0.197. The van der Waals surface area contributed by atoms with Crippen LogP contribution in [0.5, 0.6) is 0 Å². The van der Waals surface area contributed by atoms with Gasteiger partial charge in [-0.3, -0.25) is 0 Å². The first-order valence-electron chi connectivity index (χ1n) is 5.99. The first-order valence-corrected chi connectivity index (χ1v) is 7.58. The van der Waals surface area contributed by atoms with Crippen LogP contribution in [0.1, 0.15) is 24.1 Å². The zero-order chi connectivity index (χ0) is 13.8. The van der Waals surface area contributed by atoms with Gasteiger partial charge in [0.15, 0.2) is 0 Å². The van der Waals surface area contributed by atoms with Crippen LogP contribution in [0.15, 0.2) is 51.4 Å². The van der Waals surface area contributed by atoms with Crippen LogP contribution in [0.4, 0.5) is 4.39 Å². The summed E-state index contributed by atoms with van der Waals surface area (Å²) in [6.07, 6.45) is 0. The van der Waals surface area contributed by atoms with E-state index in [9.17, 15) is 4.39 Å². The molecule has 0 fully saturated rings. The van der Waals surface area contributed by atoms with Crippen molar-refractivity contribution in [3.8, 4) is 0 Å². The van der Waals surface area contributed by atoms with Gasteiger partial charge >= 0.3 is 0 Å². The van der Waals surface area contributed by atoms with Gasteiger partial charge in [0, 0.05) is 17.1 Å². The lowest BCUT2D eigenvalue weighted by atomic mass is 10.1. The van der Waals surface area contributed by atoms with Gasteiger partial charge in [-0.05, 0) is 52.2 Å². The van der Waals surface area contributed by atoms with Crippen LogP contribution in [0.3, 0.4) is 0 Å². The Kier molecular flexibility index (Phi) is 5.13. The van der Waals surface area contributed by atoms with Crippen molar-refractivity contribution in [2.24, 2.45) is 0 Å². The van der Waals surface area contributed by atoms with Crippen molar-refractivity contribution in [1.29, 1.82) is 0 Å². The Balaban J connectivity index is 2.02. The van der Waals surface area contributed by atoms with Crippen molar-refractivity contribution >= 4 is 31.9 Å². The molecule has 100 valence electrons. The summed E-state index contributed by atoms with van der Waals surface area (Å²) in [5.41, 5.74) is 2.12. The second-order valence-electron chi connectivity index (χ2n) is 4.37. The molecule has 2 rings (SSSR count). The molecule has 0 aliphatic heterocycles. The molecule has 0 bridgehead atoms. The van der Waals surface area contributed by atoms with Crippen molar-refractivity contribution < 1.29 is 4.39 Å². The molecular formula is C15H14Br2FN. The van der Waals surface area contributed by atoms with E-state index < -0.39 is 0 Å². The van der Waals surface area contributed by atoms with Crippen molar-refractivity contribution in [3.63, 3.8) is 0 Å². The van der Waals surface area contributed by atoms with E-state index in [1.807, 2.05) is 24.3 Å². The number of hydrogen-bond acceptors (Lipinski definition) is 1. The number of benzene rings is 2. The highest BCUT2D eigenvalue weighted by Gasteiger charge is 2.08. The van der Waals surface area contributed by atoms with Crippen molar-refractivity contribution in [1.82, 2.24) is 5.32 Å². The highest BCUT2D eigenvalue weighted by atomic mass is 79.9. The predicted octanol–water partition coefficient (Wildman–Crippen LogP) is 5.20. The quantitative estimate of drug-likeness (QED) is 0.761. The molecule has 0 saturated carbocycles. The standard InChI is InChI=1S/C15H14Br2FN/c1-10(12-4-2-3-5-13(12)16)19-9-11-6-7-14(17)15(18)8-11/h2-8,10,19H,9H2,1H3/t10-/m1/s1. The van der Waals surface area contributed by atoms with E-state index in [2.05, 4.69) is 50.2 Å². The van der Waals surface area contributed by atoms with Gasteiger partial charge in [0.2, 0.25) is 0 Å². The third kappa shape index (κ3) is 3.88. The molecule has 4 heteroatoms. The molecule has 0 spiro atoms. The molecule has 2 aromatic carbocycles. The highest BCUT2D eigenvalue weighted by Crippen LogP contribution is 2.23. The van der Waals surface area contributed by atoms with Crippen LogP contribution in [0, 0.1) is 5.82 Å². The average molecular weight is 387 g/mol. The topological polar surface area (TPSA) is 12.0 Å². The smallest absolute Gasteiger partial charge is 0.137 e. The Morgan fingerprint density at radius 1 is 1.11 bits per heavy atom. The van der Waals surface area contributed by atoms with Gasteiger partial charge in [-0.1, -0.05) is 40.2 Å². The van der Waals surface area contributed by atoms with E-state index in [-0.39, 0.29) is 11.9 Å². The Morgan fingerprint density at radius 3 is 2.53 bits per heavy atom. The van der Waals surface area contributed by atoms with E-state index in [0.717, 1.165) is 10.0 Å². The molecule has 2 aromatic rings. The monoisotopic (exact) mass is 385 g/mol. The SMILES string of the molecule is C[C@@H](NCc1ccc(Br)c(F)c1)c1ccccc1Br. The Hall–Kier alpha value is -0.710. The van der Waals surface area contributed by atoms with E-state index in [0.29, 0.717) is 11.0 Å². The summed E-state index contributed by atoms with van der Waals surface area (Å²) in [7, 11) is 0. The van der Waals surface area contributed by atoms with Crippen LogP contribution in [0.2, 0.25) is 0 Å². The summed E-state index contributed by atoms with van der Waals surface area (Å²) < 4.78 is 15.0. The number of hydrogen-bond donors (Lipinski definition) is 1. The van der Waals surface area contributed by atoms with Crippen LogP contribution in [-0.4, -0.2) is 0 Å². The molecule has 1 atom stereocenters. The largest absolute Gasteiger partial charge is 0.306 e. The second kappa shape index (κ2) is 6.64. The molecule has 0 aromatic heterocycles. The van der Waals surface area contributed by atoms with Crippen LogP contribution in [0.25, 0.3) is 0 Å².